The molecule has 4 heteroatoms. The largest absolute Gasteiger partial charge is 0.385 e. The molecule has 4 rings (SSSR count). The van der Waals surface area contributed by atoms with Crippen molar-refractivity contribution in [2.45, 2.75) is 25.4 Å². The smallest absolute Gasteiger partial charge is 0.122 e. The van der Waals surface area contributed by atoms with Crippen LogP contribution in [-0.4, -0.2) is 34.1 Å². The van der Waals surface area contributed by atoms with Crippen molar-refractivity contribution in [3.63, 3.8) is 0 Å². The third-order valence-corrected chi connectivity index (χ3v) is 4.51. The molecule has 1 aromatic carbocycles. The molecule has 1 N–H and O–H groups in total. The first-order valence-corrected chi connectivity index (χ1v) is 7.45. The Hall–Kier alpha value is -1.81. The Bertz CT molecular complexity index is 604. The van der Waals surface area contributed by atoms with Gasteiger partial charge in [0, 0.05) is 50.2 Å². The third kappa shape index (κ3) is 2.10. The van der Waals surface area contributed by atoms with Crippen molar-refractivity contribution < 1.29 is 0 Å². The Morgan fingerprint density at radius 1 is 1.25 bits per heavy atom. The van der Waals surface area contributed by atoms with Gasteiger partial charge in [0.05, 0.1) is 6.54 Å². The normalized spacial score (nSPS) is 21.9. The highest BCUT2D eigenvalue weighted by Gasteiger charge is 2.24. The van der Waals surface area contributed by atoms with E-state index in [1.165, 1.54) is 23.5 Å². The predicted octanol–water partition coefficient (Wildman–Crippen LogP) is 2.30. The lowest BCUT2D eigenvalue weighted by molar-refractivity contribution is 0.201. The molecule has 0 radical (unpaired) electrons. The Morgan fingerprint density at radius 3 is 3.20 bits per heavy atom. The molecule has 0 bridgehead atoms. The Morgan fingerprint density at radius 2 is 2.20 bits per heavy atom. The summed E-state index contributed by atoms with van der Waals surface area (Å²) >= 11 is 0. The summed E-state index contributed by atoms with van der Waals surface area (Å²) in [5.74, 6) is 1.85. The summed E-state index contributed by atoms with van der Waals surface area (Å²) in [6.45, 7) is 5.42. The van der Waals surface area contributed by atoms with E-state index in [2.05, 4.69) is 50.2 Å². The van der Waals surface area contributed by atoms with Gasteiger partial charge in [0.1, 0.15) is 5.82 Å². The van der Waals surface area contributed by atoms with Crippen molar-refractivity contribution in [1.29, 1.82) is 0 Å². The van der Waals surface area contributed by atoms with Crippen LogP contribution in [0.1, 0.15) is 23.7 Å². The van der Waals surface area contributed by atoms with Crippen molar-refractivity contribution in [3.05, 3.63) is 48.0 Å². The maximum absolute atomic E-state index is 4.45. The van der Waals surface area contributed by atoms with Gasteiger partial charge in [0.15, 0.2) is 0 Å². The predicted molar refractivity (Wildman–Crippen MR) is 79.8 cm³/mol. The quantitative estimate of drug-likeness (QED) is 0.907. The Labute approximate surface area is 119 Å². The number of fused-ring (bicyclic) bond motifs is 2. The van der Waals surface area contributed by atoms with E-state index in [0.717, 1.165) is 32.7 Å². The standard InChI is InChI=1S/C16H20N4/c1-2-4-15-14(3-1)13(5-6-17-15)11-19-9-10-20-8-7-18-16(20)12-19/h1-4,7-8,13,17H,5-6,9-12H2. The zero-order valence-corrected chi connectivity index (χ0v) is 11.6. The van der Waals surface area contributed by atoms with Gasteiger partial charge in [-0.1, -0.05) is 18.2 Å². The summed E-state index contributed by atoms with van der Waals surface area (Å²) in [5, 5.41) is 3.51. The second-order valence-corrected chi connectivity index (χ2v) is 5.77. The molecule has 0 spiro atoms. The fourth-order valence-corrected chi connectivity index (χ4v) is 3.43. The fourth-order valence-electron chi connectivity index (χ4n) is 3.43. The molecule has 2 aromatic rings. The first-order chi connectivity index (χ1) is 9.90. The third-order valence-electron chi connectivity index (χ3n) is 4.51. The average molecular weight is 268 g/mol. The molecule has 0 saturated carbocycles. The van der Waals surface area contributed by atoms with Crippen LogP contribution in [0.2, 0.25) is 0 Å². The van der Waals surface area contributed by atoms with E-state index in [1.807, 2.05) is 6.20 Å². The molecule has 3 heterocycles. The van der Waals surface area contributed by atoms with Gasteiger partial charge < -0.3 is 9.88 Å². The molecule has 0 amide bonds. The first kappa shape index (κ1) is 12.0. The topological polar surface area (TPSA) is 33.1 Å². The summed E-state index contributed by atoms with van der Waals surface area (Å²) in [7, 11) is 0. The summed E-state index contributed by atoms with van der Waals surface area (Å²) in [4.78, 5) is 7.00. The number of rotatable bonds is 2. The van der Waals surface area contributed by atoms with Crippen molar-refractivity contribution >= 4 is 5.69 Å². The molecule has 2 aliphatic heterocycles. The van der Waals surface area contributed by atoms with Gasteiger partial charge in [-0.25, -0.2) is 4.98 Å². The second kappa shape index (κ2) is 4.94. The fraction of sp³-hybridized carbons (Fsp3) is 0.438. The molecular weight excluding hydrogens is 248 g/mol. The second-order valence-electron chi connectivity index (χ2n) is 5.77. The molecule has 0 saturated heterocycles. The van der Waals surface area contributed by atoms with Gasteiger partial charge in [-0.15, -0.1) is 0 Å². The number of nitrogens with one attached hydrogen (secondary N) is 1. The lowest BCUT2D eigenvalue weighted by Gasteiger charge is -2.34. The maximum Gasteiger partial charge on any atom is 0.122 e. The SMILES string of the molecule is c1ccc2c(c1)NCCC2CN1CCn2ccnc2C1. The first-order valence-electron chi connectivity index (χ1n) is 7.45. The van der Waals surface area contributed by atoms with Crippen LogP contribution in [0.25, 0.3) is 0 Å². The lowest BCUT2D eigenvalue weighted by Crippen LogP contribution is -2.37. The Balaban J connectivity index is 1.51. The van der Waals surface area contributed by atoms with Gasteiger partial charge in [0.25, 0.3) is 0 Å². The average Bonchev–Trinajstić information content (AvgIpc) is 2.95. The highest BCUT2D eigenvalue weighted by molar-refractivity contribution is 5.54. The van der Waals surface area contributed by atoms with E-state index in [4.69, 9.17) is 0 Å². The zero-order valence-electron chi connectivity index (χ0n) is 11.6. The van der Waals surface area contributed by atoms with E-state index in [-0.39, 0.29) is 0 Å². The van der Waals surface area contributed by atoms with Crippen LogP contribution < -0.4 is 5.32 Å². The maximum atomic E-state index is 4.45. The Kier molecular flexibility index (Phi) is 2.96. The van der Waals surface area contributed by atoms with Crippen LogP contribution in [0.15, 0.2) is 36.7 Å². The van der Waals surface area contributed by atoms with Crippen molar-refractivity contribution in [1.82, 2.24) is 14.5 Å². The van der Waals surface area contributed by atoms with Crippen LogP contribution in [0.5, 0.6) is 0 Å². The minimum Gasteiger partial charge on any atom is -0.385 e. The van der Waals surface area contributed by atoms with Crippen LogP contribution in [0, 0.1) is 0 Å². The summed E-state index contributed by atoms with van der Waals surface area (Å²) in [6.07, 6.45) is 5.23. The molecule has 0 aliphatic carbocycles. The van der Waals surface area contributed by atoms with Crippen LogP contribution in [-0.2, 0) is 13.1 Å². The molecular formula is C16H20N4. The number of anilines is 1. The minimum absolute atomic E-state index is 0.647. The molecule has 1 atom stereocenters. The van der Waals surface area contributed by atoms with Crippen molar-refractivity contribution in [2.24, 2.45) is 0 Å². The summed E-state index contributed by atoms with van der Waals surface area (Å²) < 4.78 is 2.27. The number of hydrogen-bond donors (Lipinski definition) is 1. The number of hydrogen-bond acceptors (Lipinski definition) is 3. The number of nitrogens with zero attached hydrogens (tertiary/aromatic N) is 3. The van der Waals surface area contributed by atoms with Crippen LogP contribution in [0.3, 0.4) is 0 Å². The number of benzene rings is 1. The number of imidazole rings is 1. The van der Waals surface area contributed by atoms with E-state index < -0.39 is 0 Å². The van der Waals surface area contributed by atoms with Gasteiger partial charge in [-0.05, 0) is 18.1 Å². The van der Waals surface area contributed by atoms with Gasteiger partial charge in [0.2, 0.25) is 0 Å². The number of aromatic nitrogens is 2. The van der Waals surface area contributed by atoms with Crippen molar-refractivity contribution in [3.8, 4) is 0 Å². The van der Waals surface area contributed by atoms with E-state index in [9.17, 15) is 0 Å². The van der Waals surface area contributed by atoms with E-state index in [0.29, 0.717) is 5.92 Å². The molecule has 2 aliphatic rings. The summed E-state index contributed by atoms with van der Waals surface area (Å²) in [5.41, 5.74) is 2.80. The minimum atomic E-state index is 0.647. The molecule has 20 heavy (non-hydrogen) atoms. The van der Waals surface area contributed by atoms with E-state index >= 15 is 0 Å². The molecule has 104 valence electrons. The van der Waals surface area contributed by atoms with Crippen LogP contribution >= 0.6 is 0 Å². The molecule has 4 nitrogen and oxygen atoms in total. The van der Waals surface area contributed by atoms with Gasteiger partial charge in [-0.3, -0.25) is 4.90 Å². The highest BCUT2D eigenvalue weighted by Crippen LogP contribution is 2.32. The lowest BCUT2D eigenvalue weighted by atomic mass is 9.90. The summed E-state index contributed by atoms with van der Waals surface area (Å²) in [6, 6.07) is 8.75. The van der Waals surface area contributed by atoms with Crippen molar-refractivity contribution in [2.75, 3.05) is 25.0 Å². The number of para-hydroxylation sites is 1. The highest BCUT2D eigenvalue weighted by atomic mass is 15.2. The molecule has 0 fully saturated rings. The monoisotopic (exact) mass is 268 g/mol. The molecule has 1 aromatic heterocycles. The molecule has 1 unspecified atom stereocenters. The van der Waals surface area contributed by atoms with Gasteiger partial charge >= 0.3 is 0 Å². The van der Waals surface area contributed by atoms with Crippen LogP contribution in [0.4, 0.5) is 5.69 Å². The van der Waals surface area contributed by atoms with E-state index in [1.54, 1.807) is 0 Å². The zero-order chi connectivity index (χ0) is 13.4. The van der Waals surface area contributed by atoms with Gasteiger partial charge in [-0.2, -0.15) is 0 Å².